The van der Waals surface area contributed by atoms with Crippen LogP contribution in [0.2, 0.25) is 0 Å². The summed E-state index contributed by atoms with van der Waals surface area (Å²) in [6.45, 7) is 4.21. The Morgan fingerprint density at radius 2 is 2.21 bits per heavy atom. The summed E-state index contributed by atoms with van der Waals surface area (Å²) in [4.78, 5) is 4.35. The molecule has 0 amide bonds. The molecule has 0 spiro atoms. The molecule has 1 aromatic heterocycles. The van der Waals surface area contributed by atoms with Crippen molar-refractivity contribution >= 4 is 0 Å². The molecule has 1 aliphatic rings. The second kappa shape index (κ2) is 5.57. The molecule has 2 aromatic rings. The highest BCUT2D eigenvalue weighted by Crippen LogP contribution is 2.23. The molecule has 0 saturated carbocycles. The fourth-order valence-corrected chi connectivity index (χ4v) is 2.83. The fraction of sp³-hybridized carbons (Fsp3) is 0.438. The first kappa shape index (κ1) is 12.4. The largest absolute Gasteiger partial charge is 0.329 e. The van der Waals surface area contributed by atoms with Crippen molar-refractivity contribution in [3.8, 4) is 0 Å². The molecule has 1 atom stereocenters. The minimum Gasteiger partial charge on any atom is -0.329 e. The number of hydrogen-bond acceptors (Lipinski definition) is 2. The second-order valence-corrected chi connectivity index (χ2v) is 5.38. The maximum atomic E-state index is 4.35. The summed E-state index contributed by atoms with van der Waals surface area (Å²) in [6.07, 6.45) is 7.80. The van der Waals surface area contributed by atoms with Crippen LogP contribution in [0.15, 0.2) is 36.8 Å². The molecule has 3 nitrogen and oxygen atoms in total. The summed E-state index contributed by atoms with van der Waals surface area (Å²) >= 11 is 0. The van der Waals surface area contributed by atoms with Crippen LogP contribution in [-0.4, -0.2) is 16.1 Å². The van der Waals surface area contributed by atoms with E-state index < -0.39 is 0 Å². The Kier molecular flexibility index (Phi) is 3.65. The number of nitrogens with one attached hydrogen (secondary N) is 1. The number of benzene rings is 1. The molecule has 1 unspecified atom stereocenters. The van der Waals surface area contributed by atoms with E-state index in [1.807, 2.05) is 12.5 Å². The van der Waals surface area contributed by atoms with E-state index in [9.17, 15) is 0 Å². The SMILES string of the molecule is Cc1ccccc1Cn1cncc1C1CCCCN1. The predicted molar refractivity (Wildman–Crippen MR) is 77.1 cm³/mol. The predicted octanol–water partition coefficient (Wildman–Crippen LogP) is 3.05. The van der Waals surface area contributed by atoms with Crippen molar-refractivity contribution in [3.05, 3.63) is 53.6 Å². The number of piperidine rings is 1. The quantitative estimate of drug-likeness (QED) is 0.913. The number of aryl methyl sites for hydroxylation is 1. The second-order valence-electron chi connectivity index (χ2n) is 5.38. The summed E-state index contributed by atoms with van der Waals surface area (Å²) < 4.78 is 2.28. The Morgan fingerprint density at radius 1 is 1.32 bits per heavy atom. The molecular formula is C16H21N3. The van der Waals surface area contributed by atoms with Crippen molar-refractivity contribution in [1.29, 1.82) is 0 Å². The van der Waals surface area contributed by atoms with Crippen molar-refractivity contribution < 1.29 is 0 Å². The molecular weight excluding hydrogens is 234 g/mol. The molecule has 0 radical (unpaired) electrons. The zero-order valence-corrected chi connectivity index (χ0v) is 11.5. The van der Waals surface area contributed by atoms with Crippen LogP contribution in [0.3, 0.4) is 0 Å². The Bertz CT molecular complexity index is 538. The molecule has 100 valence electrons. The van der Waals surface area contributed by atoms with Crippen molar-refractivity contribution in [2.45, 2.75) is 38.8 Å². The minimum absolute atomic E-state index is 0.472. The topological polar surface area (TPSA) is 29.9 Å². The first-order valence-corrected chi connectivity index (χ1v) is 7.12. The van der Waals surface area contributed by atoms with Crippen LogP contribution < -0.4 is 5.32 Å². The van der Waals surface area contributed by atoms with E-state index in [1.54, 1.807) is 0 Å². The Hall–Kier alpha value is -1.61. The highest BCUT2D eigenvalue weighted by Gasteiger charge is 2.18. The van der Waals surface area contributed by atoms with Crippen LogP contribution in [0.25, 0.3) is 0 Å². The maximum absolute atomic E-state index is 4.35. The zero-order valence-electron chi connectivity index (χ0n) is 11.5. The van der Waals surface area contributed by atoms with Gasteiger partial charge in [-0.2, -0.15) is 0 Å². The molecule has 0 bridgehead atoms. The molecule has 1 fully saturated rings. The lowest BCUT2D eigenvalue weighted by Crippen LogP contribution is -2.28. The maximum Gasteiger partial charge on any atom is 0.0951 e. The van der Waals surface area contributed by atoms with Gasteiger partial charge in [0.25, 0.3) is 0 Å². The summed E-state index contributed by atoms with van der Waals surface area (Å²) in [7, 11) is 0. The number of imidazole rings is 1. The van der Waals surface area contributed by atoms with Crippen molar-refractivity contribution in [2.24, 2.45) is 0 Å². The number of aromatic nitrogens is 2. The van der Waals surface area contributed by atoms with E-state index in [0.29, 0.717) is 6.04 Å². The monoisotopic (exact) mass is 255 g/mol. The average molecular weight is 255 g/mol. The molecule has 1 aliphatic heterocycles. The van der Waals surface area contributed by atoms with E-state index in [-0.39, 0.29) is 0 Å². The van der Waals surface area contributed by atoms with Crippen molar-refractivity contribution in [1.82, 2.24) is 14.9 Å². The lowest BCUT2D eigenvalue weighted by atomic mass is 10.0. The fourth-order valence-electron chi connectivity index (χ4n) is 2.83. The summed E-state index contributed by atoms with van der Waals surface area (Å²) in [5.41, 5.74) is 4.04. The van der Waals surface area contributed by atoms with E-state index in [1.165, 1.54) is 36.1 Å². The lowest BCUT2D eigenvalue weighted by molar-refractivity contribution is 0.396. The van der Waals surface area contributed by atoms with Crippen LogP contribution in [0, 0.1) is 6.92 Å². The van der Waals surface area contributed by atoms with Crippen molar-refractivity contribution in [2.75, 3.05) is 6.54 Å². The van der Waals surface area contributed by atoms with Gasteiger partial charge in [-0.3, -0.25) is 0 Å². The molecule has 1 N–H and O–H groups in total. The molecule has 19 heavy (non-hydrogen) atoms. The van der Waals surface area contributed by atoms with Gasteiger partial charge < -0.3 is 9.88 Å². The third kappa shape index (κ3) is 2.71. The van der Waals surface area contributed by atoms with Gasteiger partial charge in [-0.25, -0.2) is 4.98 Å². The molecule has 1 saturated heterocycles. The third-order valence-electron chi connectivity index (χ3n) is 4.01. The van der Waals surface area contributed by atoms with Crippen LogP contribution in [0.4, 0.5) is 0 Å². The third-order valence-corrected chi connectivity index (χ3v) is 4.01. The smallest absolute Gasteiger partial charge is 0.0951 e. The van der Waals surface area contributed by atoms with Gasteiger partial charge in [-0.05, 0) is 37.4 Å². The van der Waals surface area contributed by atoms with Gasteiger partial charge in [-0.1, -0.05) is 30.7 Å². The molecule has 3 rings (SSSR count). The standard InChI is InChI=1S/C16H21N3/c1-13-6-2-3-7-14(13)11-19-12-17-10-16(19)15-8-4-5-9-18-15/h2-3,6-7,10,12,15,18H,4-5,8-9,11H2,1H3. The Balaban J connectivity index is 1.82. The molecule has 0 aliphatic carbocycles. The minimum atomic E-state index is 0.472. The zero-order chi connectivity index (χ0) is 13.1. The average Bonchev–Trinajstić information content (AvgIpc) is 2.91. The first-order chi connectivity index (χ1) is 9.34. The van der Waals surface area contributed by atoms with Crippen molar-refractivity contribution in [3.63, 3.8) is 0 Å². The molecule has 3 heteroatoms. The Morgan fingerprint density at radius 3 is 3.00 bits per heavy atom. The molecule has 1 aromatic carbocycles. The van der Waals surface area contributed by atoms with Gasteiger partial charge >= 0.3 is 0 Å². The van der Waals surface area contributed by atoms with Gasteiger partial charge in [0.1, 0.15) is 0 Å². The van der Waals surface area contributed by atoms with Crippen LogP contribution in [0.1, 0.15) is 42.1 Å². The van der Waals surface area contributed by atoms with Crippen LogP contribution in [0.5, 0.6) is 0 Å². The number of hydrogen-bond donors (Lipinski definition) is 1. The van der Waals surface area contributed by atoms with Gasteiger partial charge in [0.15, 0.2) is 0 Å². The highest BCUT2D eigenvalue weighted by molar-refractivity contribution is 5.26. The van der Waals surface area contributed by atoms with E-state index >= 15 is 0 Å². The number of nitrogens with zero attached hydrogens (tertiary/aromatic N) is 2. The van der Waals surface area contributed by atoms with Gasteiger partial charge in [0.2, 0.25) is 0 Å². The summed E-state index contributed by atoms with van der Waals surface area (Å²) in [5, 5.41) is 3.60. The van der Waals surface area contributed by atoms with Gasteiger partial charge in [0.05, 0.1) is 12.0 Å². The van der Waals surface area contributed by atoms with E-state index in [0.717, 1.165) is 13.1 Å². The highest BCUT2D eigenvalue weighted by atomic mass is 15.1. The van der Waals surface area contributed by atoms with Gasteiger partial charge in [0, 0.05) is 18.8 Å². The lowest BCUT2D eigenvalue weighted by Gasteiger charge is -2.24. The van der Waals surface area contributed by atoms with Crippen LogP contribution in [-0.2, 0) is 6.54 Å². The summed E-state index contributed by atoms with van der Waals surface area (Å²) in [6, 6.07) is 9.05. The first-order valence-electron chi connectivity index (χ1n) is 7.12. The summed E-state index contributed by atoms with van der Waals surface area (Å²) in [5.74, 6) is 0. The van der Waals surface area contributed by atoms with Gasteiger partial charge in [-0.15, -0.1) is 0 Å². The van der Waals surface area contributed by atoms with E-state index in [4.69, 9.17) is 0 Å². The molecule has 2 heterocycles. The Labute approximate surface area is 114 Å². The normalized spacial score (nSPS) is 19.5. The van der Waals surface area contributed by atoms with Crippen LogP contribution >= 0.6 is 0 Å². The van der Waals surface area contributed by atoms with E-state index in [2.05, 4.69) is 46.1 Å². The number of rotatable bonds is 3.